The first kappa shape index (κ1) is 18.1. The summed E-state index contributed by atoms with van der Waals surface area (Å²) >= 11 is 0. The molecule has 8 heteroatoms. The average Bonchev–Trinajstić information content (AvgIpc) is 2.43. The highest BCUT2D eigenvalue weighted by Crippen LogP contribution is 2.15. The van der Waals surface area contributed by atoms with Crippen LogP contribution in [-0.2, 0) is 19.6 Å². The van der Waals surface area contributed by atoms with Crippen molar-refractivity contribution in [2.75, 3.05) is 5.32 Å². The van der Waals surface area contributed by atoms with E-state index >= 15 is 0 Å². The number of carbonyl (C=O) groups excluding carboxylic acids is 1. The van der Waals surface area contributed by atoms with Crippen molar-refractivity contribution in [3.63, 3.8) is 0 Å². The van der Waals surface area contributed by atoms with Gasteiger partial charge >= 0.3 is 5.97 Å². The molecule has 0 fully saturated rings. The lowest BCUT2D eigenvalue weighted by Gasteiger charge is -2.14. The number of unbranched alkanes of at least 4 members (excludes halogenated alkanes) is 1. The Morgan fingerprint density at radius 2 is 1.82 bits per heavy atom. The standard InChI is InChI=1S/C14H20N2O5S/c1-3-4-5-13(14(18)19)16-22(20,21)12-8-6-11(7-9-12)15-10(2)17/h6-9,13,16H,3-5H2,1-2H3,(H,15,17)(H,18,19)/t13-/m0/s1. The largest absolute Gasteiger partial charge is 0.480 e. The van der Waals surface area contributed by atoms with Crippen molar-refractivity contribution in [2.24, 2.45) is 0 Å². The van der Waals surface area contributed by atoms with Crippen molar-refractivity contribution >= 4 is 27.6 Å². The first-order chi connectivity index (χ1) is 10.3. The second-order valence-electron chi connectivity index (χ2n) is 4.86. The van der Waals surface area contributed by atoms with E-state index in [0.29, 0.717) is 12.1 Å². The normalized spacial score (nSPS) is 12.6. The zero-order chi connectivity index (χ0) is 16.8. The molecule has 1 rings (SSSR count). The highest BCUT2D eigenvalue weighted by atomic mass is 32.2. The minimum Gasteiger partial charge on any atom is -0.480 e. The average molecular weight is 328 g/mol. The molecular formula is C14H20N2O5S. The zero-order valence-corrected chi connectivity index (χ0v) is 13.3. The van der Waals surface area contributed by atoms with Crippen LogP contribution in [0.5, 0.6) is 0 Å². The molecule has 1 aromatic carbocycles. The summed E-state index contributed by atoms with van der Waals surface area (Å²) in [6.45, 7) is 3.24. The van der Waals surface area contributed by atoms with Gasteiger partial charge in [-0.05, 0) is 30.7 Å². The quantitative estimate of drug-likeness (QED) is 0.670. The third kappa shape index (κ3) is 5.45. The van der Waals surface area contributed by atoms with E-state index in [1.807, 2.05) is 6.92 Å². The molecule has 0 heterocycles. The molecule has 0 aliphatic heterocycles. The number of amides is 1. The molecule has 1 aromatic rings. The number of carboxylic acids is 1. The number of hydrogen-bond donors (Lipinski definition) is 3. The molecule has 1 amide bonds. The maximum Gasteiger partial charge on any atom is 0.321 e. The van der Waals surface area contributed by atoms with Crippen molar-refractivity contribution in [2.45, 2.75) is 44.0 Å². The number of carboxylic acid groups (broad SMARTS) is 1. The number of rotatable bonds is 8. The fourth-order valence-corrected chi connectivity index (χ4v) is 3.04. The lowest BCUT2D eigenvalue weighted by atomic mass is 10.1. The van der Waals surface area contributed by atoms with Crippen LogP contribution in [0.2, 0.25) is 0 Å². The van der Waals surface area contributed by atoms with E-state index in [0.717, 1.165) is 6.42 Å². The van der Waals surface area contributed by atoms with Crippen molar-refractivity contribution in [3.05, 3.63) is 24.3 Å². The lowest BCUT2D eigenvalue weighted by molar-refractivity contribution is -0.139. The van der Waals surface area contributed by atoms with Gasteiger partial charge in [0.15, 0.2) is 0 Å². The summed E-state index contributed by atoms with van der Waals surface area (Å²) in [6.07, 6.45) is 1.62. The van der Waals surface area contributed by atoms with E-state index in [1.54, 1.807) is 0 Å². The molecule has 1 atom stereocenters. The SMILES string of the molecule is CCCC[C@H](NS(=O)(=O)c1ccc(NC(C)=O)cc1)C(=O)O. The number of aliphatic carboxylic acids is 1. The second kappa shape index (κ2) is 7.90. The fourth-order valence-electron chi connectivity index (χ4n) is 1.82. The maximum atomic E-state index is 12.2. The van der Waals surface area contributed by atoms with E-state index in [1.165, 1.54) is 31.2 Å². The highest BCUT2D eigenvalue weighted by Gasteiger charge is 2.24. The molecule has 3 N–H and O–H groups in total. The number of nitrogens with one attached hydrogen (secondary N) is 2. The monoisotopic (exact) mass is 328 g/mol. The second-order valence-corrected chi connectivity index (χ2v) is 6.57. The Kier molecular flexibility index (Phi) is 6.51. The van der Waals surface area contributed by atoms with Gasteiger partial charge in [-0.25, -0.2) is 8.42 Å². The van der Waals surface area contributed by atoms with Gasteiger partial charge in [0, 0.05) is 12.6 Å². The van der Waals surface area contributed by atoms with Gasteiger partial charge in [-0.1, -0.05) is 19.8 Å². The topological polar surface area (TPSA) is 113 Å². The van der Waals surface area contributed by atoms with E-state index in [-0.39, 0.29) is 17.2 Å². The molecule has 0 saturated carbocycles. The van der Waals surface area contributed by atoms with Crippen LogP contribution in [0.15, 0.2) is 29.2 Å². The molecule has 0 aliphatic carbocycles. The molecular weight excluding hydrogens is 308 g/mol. The molecule has 0 aliphatic rings. The molecule has 0 saturated heterocycles. The van der Waals surface area contributed by atoms with Gasteiger partial charge in [0.2, 0.25) is 15.9 Å². The summed E-state index contributed by atoms with van der Waals surface area (Å²) in [4.78, 5) is 22.0. The van der Waals surface area contributed by atoms with E-state index in [9.17, 15) is 18.0 Å². The number of benzene rings is 1. The highest BCUT2D eigenvalue weighted by molar-refractivity contribution is 7.89. The Hall–Kier alpha value is -1.93. The van der Waals surface area contributed by atoms with Crippen LogP contribution in [0.4, 0.5) is 5.69 Å². The molecule has 0 aromatic heterocycles. The minimum atomic E-state index is -3.92. The summed E-state index contributed by atoms with van der Waals surface area (Å²) in [7, 11) is -3.92. The molecule has 122 valence electrons. The van der Waals surface area contributed by atoms with Gasteiger partial charge in [-0.3, -0.25) is 9.59 Å². The van der Waals surface area contributed by atoms with Gasteiger partial charge in [-0.15, -0.1) is 0 Å². The van der Waals surface area contributed by atoms with Crippen LogP contribution in [0, 0.1) is 0 Å². The number of hydrogen-bond acceptors (Lipinski definition) is 4. The predicted octanol–water partition coefficient (Wildman–Crippen LogP) is 1.57. The van der Waals surface area contributed by atoms with Crippen molar-refractivity contribution in [1.82, 2.24) is 4.72 Å². The summed E-state index contributed by atoms with van der Waals surface area (Å²) in [5, 5.41) is 11.6. The number of anilines is 1. The third-order valence-corrected chi connectivity index (χ3v) is 4.41. The number of sulfonamides is 1. The Bertz CT molecular complexity index is 625. The third-order valence-electron chi connectivity index (χ3n) is 2.93. The smallest absolute Gasteiger partial charge is 0.321 e. The van der Waals surface area contributed by atoms with Crippen LogP contribution >= 0.6 is 0 Å². The summed E-state index contributed by atoms with van der Waals surface area (Å²) in [5.41, 5.74) is 0.465. The predicted molar refractivity (Wildman–Crippen MR) is 82.0 cm³/mol. The van der Waals surface area contributed by atoms with E-state index in [4.69, 9.17) is 5.11 Å². The lowest BCUT2D eigenvalue weighted by Crippen LogP contribution is -2.40. The van der Waals surface area contributed by atoms with Crippen LogP contribution < -0.4 is 10.0 Å². The molecule has 22 heavy (non-hydrogen) atoms. The van der Waals surface area contributed by atoms with Crippen molar-refractivity contribution < 1.29 is 23.1 Å². The first-order valence-electron chi connectivity index (χ1n) is 6.89. The van der Waals surface area contributed by atoms with Crippen LogP contribution in [-0.4, -0.2) is 31.4 Å². The van der Waals surface area contributed by atoms with Gasteiger partial charge in [0.1, 0.15) is 6.04 Å². The minimum absolute atomic E-state index is 0.0515. The van der Waals surface area contributed by atoms with Crippen molar-refractivity contribution in [3.8, 4) is 0 Å². The van der Waals surface area contributed by atoms with Crippen molar-refractivity contribution in [1.29, 1.82) is 0 Å². The van der Waals surface area contributed by atoms with Gasteiger partial charge in [0.25, 0.3) is 0 Å². The Morgan fingerprint density at radius 1 is 1.23 bits per heavy atom. The Morgan fingerprint density at radius 3 is 2.27 bits per heavy atom. The van der Waals surface area contributed by atoms with Gasteiger partial charge in [0.05, 0.1) is 4.90 Å². The summed E-state index contributed by atoms with van der Waals surface area (Å²) in [6, 6.07) is 4.36. The Labute approximate surface area is 129 Å². The zero-order valence-electron chi connectivity index (χ0n) is 12.5. The molecule has 0 bridgehead atoms. The van der Waals surface area contributed by atoms with E-state index < -0.39 is 22.0 Å². The molecule has 0 unspecified atom stereocenters. The Balaban J connectivity index is 2.88. The molecule has 0 spiro atoms. The van der Waals surface area contributed by atoms with Gasteiger partial charge in [-0.2, -0.15) is 4.72 Å². The molecule has 7 nitrogen and oxygen atoms in total. The summed E-state index contributed by atoms with van der Waals surface area (Å²) < 4.78 is 26.6. The van der Waals surface area contributed by atoms with Crippen LogP contribution in [0.1, 0.15) is 33.1 Å². The van der Waals surface area contributed by atoms with Gasteiger partial charge < -0.3 is 10.4 Å². The fraction of sp³-hybridized carbons (Fsp3) is 0.429. The summed E-state index contributed by atoms with van der Waals surface area (Å²) in [5.74, 6) is -1.47. The van der Waals surface area contributed by atoms with E-state index in [2.05, 4.69) is 10.0 Å². The van der Waals surface area contributed by atoms with Crippen LogP contribution in [0.3, 0.4) is 0 Å². The first-order valence-corrected chi connectivity index (χ1v) is 8.37. The number of carbonyl (C=O) groups is 2. The molecule has 0 radical (unpaired) electrons. The van der Waals surface area contributed by atoms with Crippen LogP contribution in [0.25, 0.3) is 0 Å². The maximum absolute atomic E-state index is 12.2.